The summed E-state index contributed by atoms with van der Waals surface area (Å²) in [6.07, 6.45) is 1.07. The van der Waals surface area contributed by atoms with Crippen molar-refractivity contribution in [3.8, 4) is 11.3 Å². The van der Waals surface area contributed by atoms with E-state index in [0.29, 0.717) is 0 Å². The maximum Gasteiger partial charge on any atom is 0.0506 e. The van der Waals surface area contributed by atoms with Gasteiger partial charge in [-0.1, -0.05) is 35.9 Å². The molecular formula is C17H15N. The molecule has 0 saturated heterocycles. The van der Waals surface area contributed by atoms with Crippen molar-refractivity contribution in [3.05, 3.63) is 58.7 Å². The standard InChI is InChI=1S/C17H15N/c1-10-7-11(2)16-12(8-10)9-14-13-5-3-4-6-15(13)18-17(14)16/h3-8,18H,9H2,1-2H3. The second-order valence-electron chi connectivity index (χ2n) is 5.32. The van der Waals surface area contributed by atoms with Gasteiger partial charge in [-0.15, -0.1) is 0 Å². The SMILES string of the molecule is Cc1cc(C)c2c(c1)Cc1c-2[nH]c2ccccc12. The first-order valence-electron chi connectivity index (χ1n) is 6.44. The molecule has 0 saturated carbocycles. The molecule has 0 unspecified atom stereocenters. The van der Waals surface area contributed by atoms with Crippen LogP contribution in [0, 0.1) is 13.8 Å². The quantitative estimate of drug-likeness (QED) is 0.464. The van der Waals surface area contributed by atoms with Crippen LogP contribution in [0.5, 0.6) is 0 Å². The molecular weight excluding hydrogens is 218 g/mol. The number of H-pyrrole nitrogens is 1. The molecule has 4 rings (SSSR count). The number of benzene rings is 2. The number of fused-ring (bicyclic) bond motifs is 5. The first-order valence-corrected chi connectivity index (χ1v) is 6.44. The predicted molar refractivity (Wildman–Crippen MR) is 76.0 cm³/mol. The topological polar surface area (TPSA) is 15.8 Å². The van der Waals surface area contributed by atoms with Crippen LogP contribution < -0.4 is 0 Å². The van der Waals surface area contributed by atoms with Crippen molar-refractivity contribution < 1.29 is 0 Å². The molecule has 0 bridgehead atoms. The van der Waals surface area contributed by atoms with Crippen LogP contribution in [0.25, 0.3) is 22.2 Å². The Hall–Kier alpha value is -2.02. The van der Waals surface area contributed by atoms with E-state index in [0.717, 1.165) is 6.42 Å². The highest BCUT2D eigenvalue weighted by atomic mass is 14.7. The number of aromatic amines is 1. The Labute approximate surface area is 106 Å². The minimum atomic E-state index is 1.07. The summed E-state index contributed by atoms with van der Waals surface area (Å²) in [6.45, 7) is 4.39. The van der Waals surface area contributed by atoms with Crippen molar-refractivity contribution >= 4 is 10.9 Å². The average Bonchev–Trinajstić information content (AvgIpc) is 2.83. The largest absolute Gasteiger partial charge is 0.354 e. The normalized spacial score (nSPS) is 12.8. The molecule has 0 radical (unpaired) electrons. The summed E-state index contributed by atoms with van der Waals surface area (Å²) in [5.41, 5.74) is 9.70. The van der Waals surface area contributed by atoms with E-state index in [2.05, 4.69) is 55.2 Å². The fraction of sp³-hybridized carbons (Fsp3) is 0.176. The van der Waals surface area contributed by atoms with Crippen molar-refractivity contribution in [2.24, 2.45) is 0 Å². The zero-order valence-corrected chi connectivity index (χ0v) is 10.7. The second-order valence-corrected chi connectivity index (χ2v) is 5.32. The predicted octanol–water partition coefficient (Wildman–Crippen LogP) is 4.36. The first kappa shape index (κ1) is 9.95. The molecule has 88 valence electrons. The van der Waals surface area contributed by atoms with E-state index in [1.807, 2.05) is 0 Å². The lowest BCUT2D eigenvalue weighted by molar-refractivity contribution is 1.25. The van der Waals surface area contributed by atoms with Crippen LogP contribution >= 0.6 is 0 Å². The Morgan fingerprint density at radius 2 is 1.89 bits per heavy atom. The van der Waals surface area contributed by atoms with Gasteiger partial charge in [0.2, 0.25) is 0 Å². The maximum absolute atomic E-state index is 3.59. The third-order valence-corrected chi connectivity index (χ3v) is 3.99. The number of nitrogens with one attached hydrogen (secondary N) is 1. The van der Waals surface area contributed by atoms with E-state index in [4.69, 9.17) is 0 Å². The highest BCUT2D eigenvalue weighted by Crippen LogP contribution is 2.42. The number of aromatic nitrogens is 1. The number of hydrogen-bond acceptors (Lipinski definition) is 0. The Morgan fingerprint density at radius 1 is 1.06 bits per heavy atom. The molecule has 18 heavy (non-hydrogen) atoms. The molecule has 2 aromatic carbocycles. The first-order chi connectivity index (χ1) is 8.74. The van der Waals surface area contributed by atoms with Crippen LogP contribution in [0.2, 0.25) is 0 Å². The lowest BCUT2D eigenvalue weighted by Gasteiger charge is -2.06. The highest BCUT2D eigenvalue weighted by Gasteiger charge is 2.24. The molecule has 1 aliphatic rings. The third kappa shape index (κ3) is 1.16. The van der Waals surface area contributed by atoms with Gasteiger partial charge in [-0.2, -0.15) is 0 Å². The lowest BCUT2D eigenvalue weighted by atomic mass is 10.0. The molecule has 1 nitrogen and oxygen atoms in total. The van der Waals surface area contributed by atoms with E-state index in [1.165, 1.54) is 44.4 Å². The van der Waals surface area contributed by atoms with Gasteiger partial charge in [0.15, 0.2) is 0 Å². The van der Waals surface area contributed by atoms with Crippen LogP contribution in [-0.2, 0) is 6.42 Å². The molecule has 0 aliphatic heterocycles. The van der Waals surface area contributed by atoms with Gasteiger partial charge in [0.05, 0.1) is 5.69 Å². The van der Waals surface area contributed by atoms with Crippen LogP contribution in [-0.4, -0.2) is 4.98 Å². The molecule has 0 fully saturated rings. The Bertz CT molecular complexity index is 778. The van der Waals surface area contributed by atoms with Crippen LogP contribution in [0.3, 0.4) is 0 Å². The molecule has 1 N–H and O–H groups in total. The van der Waals surface area contributed by atoms with Crippen LogP contribution in [0.4, 0.5) is 0 Å². The molecule has 1 heteroatoms. The monoisotopic (exact) mass is 233 g/mol. The van der Waals surface area contributed by atoms with Gasteiger partial charge < -0.3 is 4.98 Å². The number of para-hydroxylation sites is 1. The minimum absolute atomic E-state index is 1.07. The van der Waals surface area contributed by atoms with E-state index in [-0.39, 0.29) is 0 Å². The fourth-order valence-electron chi connectivity index (χ4n) is 3.34. The van der Waals surface area contributed by atoms with Gasteiger partial charge in [0.25, 0.3) is 0 Å². The van der Waals surface area contributed by atoms with Gasteiger partial charge in [0.1, 0.15) is 0 Å². The summed E-state index contributed by atoms with van der Waals surface area (Å²) in [5.74, 6) is 0. The van der Waals surface area contributed by atoms with Crippen molar-refractivity contribution in [2.45, 2.75) is 20.3 Å². The fourth-order valence-corrected chi connectivity index (χ4v) is 3.34. The number of rotatable bonds is 0. The summed E-state index contributed by atoms with van der Waals surface area (Å²) in [6, 6.07) is 13.2. The number of hydrogen-bond donors (Lipinski definition) is 1. The highest BCUT2D eigenvalue weighted by molar-refractivity contribution is 5.95. The summed E-state index contributed by atoms with van der Waals surface area (Å²) in [5, 5.41) is 1.38. The van der Waals surface area contributed by atoms with Crippen molar-refractivity contribution in [1.82, 2.24) is 4.98 Å². The molecule has 1 heterocycles. The summed E-state index contributed by atoms with van der Waals surface area (Å²) >= 11 is 0. The van der Waals surface area contributed by atoms with E-state index in [9.17, 15) is 0 Å². The molecule has 3 aromatic rings. The van der Waals surface area contributed by atoms with Crippen molar-refractivity contribution in [3.63, 3.8) is 0 Å². The molecule has 1 aromatic heterocycles. The summed E-state index contributed by atoms with van der Waals surface area (Å²) in [7, 11) is 0. The molecule has 1 aliphatic carbocycles. The number of aryl methyl sites for hydroxylation is 2. The second kappa shape index (κ2) is 3.26. The van der Waals surface area contributed by atoms with Gasteiger partial charge >= 0.3 is 0 Å². The van der Waals surface area contributed by atoms with Gasteiger partial charge in [-0.25, -0.2) is 0 Å². The zero-order valence-electron chi connectivity index (χ0n) is 10.7. The molecule has 0 atom stereocenters. The Morgan fingerprint density at radius 3 is 2.78 bits per heavy atom. The van der Waals surface area contributed by atoms with Crippen LogP contribution in [0.15, 0.2) is 36.4 Å². The summed E-state index contributed by atoms with van der Waals surface area (Å²) in [4.78, 5) is 3.59. The lowest BCUT2D eigenvalue weighted by Crippen LogP contribution is -1.88. The third-order valence-electron chi connectivity index (χ3n) is 3.99. The van der Waals surface area contributed by atoms with Gasteiger partial charge in [-0.3, -0.25) is 0 Å². The smallest absolute Gasteiger partial charge is 0.0506 e. The van der Waals surface area contributed by atoms with E-state index >= 15 is 0 Å². The van der Waals surface area contributed by atoms with Gasteiger partial charge in [-0.05, 0) is 36.6 Å². The minimum Gasteiger partial charge on any atom is -0.354 e. The molecule has 0 amide bonds. The summed E-state index contributed by atoms with van der Waals surface area (Å²) < 4.78 is 0. The Balaban J connectivity index is 2.09. The maximum atomic E-state index is 3.59. The average molecular weight is 233 g/mol. The van der Waals surface area contributed by atoms with E-state index in [1.54, 1.807) is 0 Å². The van der Waals surface area contributed by atoms with E-state index < -0.39 is 0 Å². The Kier molecular flexibility index (Phi) is 1.80. The van der Waals surface area contributed by atoms with Crippen molar-refractivity contribution in [1.29, 1.82) is 0 Å². The molecule has 0 spiro atoms. The van der Waals surface area contributed by atoms with Crippen LogP contribution in [0.1, 0.15) is 22.3 Å². The van der Waals surface area contributed by atoms with Crippen molar-refractivity contribution in [2.75, 3.05) is 0 Å². The van der Waals surface area contributed by atoms with Gasteiger partial charge in [0, 0.05) is 22.9 Å². The zero-order chi connectivity index (χ0) is 12.3.